The number of carboxylic acid groups (broad SMARTS) is 1. The predicted molar refractivity (Wildman–Crippen MR) is 72.7 cm³/mol. The number of aromatic carboxylic acids is 1. The van der Waals surface area contributed by atoms with E-state index in [-0.39, 0.29) is 17.2 Å². The normalized spacial score (nSPS) is 15.6. The van der Waals surface area contributed by atoms with Gasteiger partial charge in [-0.15, -0.1) is 0 Å². The van der Waals surface area contributed by atoms with E-state index in [0.717, 1.165) is 37.3 Å². The molecule has 0 bridgehead atoms. The zero-order valence-corrected chi connectivity index (χ0v) is 11.6. The summed E-state index contributed by atoms with van der Waals surface area (Å²) in [6.45, 7) is 8.49. The highest BCUT2D eigenvalue weighted by molar-refractivity contribution is 5.87. The number of carboxylic acids is 1. The van der Waals surface area contributed by atoms with Crippen LogP contribution in [0.1, 0.15) is 48.4 Å². The van der Waals surface area contributed by atoms with Crippen molar-refractivity contribution in [1.29, 1.82) is 0 Å². The number of carbonyl (C=O) groups is 1. The van der Waals surface area contributed by atoms with Crippen LogP contribution >= 0.6 is 0 Å². The number of pyridine rings is 1. The molecule has 2 rings (SSSR count). The summed E-state index contributed by atoms with van der Waals surface area (Å²) >= 11 is 0. The number of rotatable bonds is 3. The zero-order chi connectivity index (χ0) is 14.2. The molecule has 19 heavy (non-hydrogen) atoms. The Kier molecular flexibility index (Phi) is 3.75. The smallest absolute Gasteiger partial charge is 0.341 e. The summed E-state index contributed by atoms with van der Waals surface area (Å²) in [7, 11) is 0. The summed E-state index contributed by atoms with van der Waals surface area (Å²) in [6.07, 6.45) is 0.802. The van der Waals surface area contributed by atoms with Crippen molar-refractivity contribution in [3.63, 3.8) is 0 Å². The van der Waals surface area contributed by atoms with Crippen LogP contribution in [0.25, 0.3) is 0 Å². The molecular weight excluding hydrogens is 244 g/mol. The van der Waals surface area contributed by atoms with Gasteiger partial charge in [-0.25, -0.2) is 4.79 Å². The van der Waals surface area contributed by atoms with Crippen LogP contribution in [0.3, 0.4) is 0 Å². The molecule has 0 unspecified atom stereocenters. The Morgan fingerprint density at radius 2 is 2.16 bits per heavy atom. The first-order valence-corrected chi connectivity index (χ1v) is 6.68. The van der Waals surface area contributed by atoms with Crippen LogP contribution in [0, 0.1) is 0 Å². The van der Waals surface area contributed by atoms with E-state index in [9.17, 15) is 9.59 Å². The molecule has 0 amide bonds. The summed E-state index contributed by atoms with van der Waals surface area (Å²) in [5.74, 6) is -1.14. The topological polar surface area (TPSA) is 62.5 Å². The molecule has 2 heterocycles. The largest absolute Gasteiger partial charge is 0.477 e. The number of hydrogen-bond donors (Lipinski definition) is 1. The van der Waals surface area contributed by atoms with Gasteiger partial charge in [0.25, 0.3) is 5.56 Å². The summed E-state index contributed by atoms with van der Waals surface area (Å²) in [4.78, 5) is 25.7. The van der Waals surface area contributed by atoms with Gasteiger partial charge in [0.2, 0.25) is 0 Å². The van der Waals surface area contributed by atoms with Gasteiger partial charge in [-0.1, -0.05) is 6.92 Å². The predicted octanol–water partition coefficient (Wildman–Crippen LogP) is 1.51. The third kappa shape index (κ3) is 2.42. The fraction of sp³-hybridized carbons (Fsp3) is 0.571. The average molecular weight is 264 g/mol. The molecule has 0 aromatic carbocycles. The van der Waals surface area contributed by atoms with Crippen molar-refractivity contribution >= 4 is 5.97 Å². The first-order valence-electron chi connectivity index (χ1n) is 6.68. The van der Waals surface area contributed by atoms with Gasteiger partial charge >= 0.3 is 5.97 Å². The van der Waals surface area contributed by atoms with Gasteiger partial charge in [0, 0.05) is 31.2 Å². The summed E-state index contributed by atoms with van der Waals surface area (Å²) < 4.78 is 1.64. The van der Waals surface area contributed by atoms with Crippen LogP contribution in [0.4, 0.5) is 0 Å². The Labute approximate surface area is 112 Å². The van der Waals surface area contributed by atoms with Crippen molar-refractivity contribution in [1.82, 2.24) is 9.47 Å². The van der Waals surface area contributed by atoms with E-state index in [4.69, 9.17) is 5.11 Å². The van der Waals surface area contributed by atoms with Gasteiger partial charge in [-0.3, -0.25) is 9.69 Å². The Balaban J connectivity index is 2.64. The van der Waals surface area contributed by atoms with E-state index in [1.54, 1.807) is 10.6 Å². The third-order valence-corrected chi connectivity index (χ3v) is 3.68. The summed E-state index contributed by atoms with van der Waals surface area (Å²) in [5, 5.41) is 9.17. The maximum absolute atomic E-state index is 12.2. The Bertz CT molecular complexity index is 561. The number of nitrogens with zero attached hydrogens (tertiary/aromatic N) is 2. The molecule has 0 saturated carbocycles. The molecule has 1 aromatic rings. The lowest BCUT2D eigenvalue weighted by atomic mass is 10.0. The number of fused-ring (bicyclic) bond motifs is 1. The lowest BCUT2D eigenvalue weighted by Gasteiger charge is -2.30. The molecule has 0 atom stereocenters. The second-order valence-corrected chi connectivity index (χ2v) is 5.22. The molecule has 1 N–H and O–H groups in total. The third-order valence-electron chi connectivity index (χ3n) is 3.68. The van der Waals surface area contributed by atoms with Crippen LogP contribution in [-0.4, -0.2) is 33.6 Å². The molecule has 0 saturated heterocycles. The minimum atomic E-state index is -1.14. The van der Waals surface area contributed by atoms with Crippen molar-refractivity contribution in [2.75, 3.05) is 13.1 Å². The highest BCUT2D eigenvalue weighted by atomic mass is 16.4. The van der Waals surface area contributed by atoms with E-state index in [0.29, 0.717) is 0 Å². The van der Waals surface area contributed by atoms with Gasteiger partial charge < -0.3 is 9.67 Å². The molecule has 104 valence electrons. The van der Waals surface area contributed by atoms with E-state index in [2.05, 4.69) is 11.8 Å². The quantitative estimate of drug-likeness (QED) is 0.898. The minimum absolute atomic E-state index is 0.0197. The number of aromatic nitrogens is 1. The van der Waals surface area contributed by atoms with Gasteiger partial charge in [0.05, 0.1) is 0 Å². The zero-order valence-electron chi connectivity index (χ0n) is 11.6. The standard InChI is InChI=1S/C14H20N2O3/c1-4-15-6-5-12-10(8-15)7-11(14(18)19)13(17)16(12)9(2)3/h7,9H,4-6,8H2,1-3H3,(H,18,19). The van der Waals surface area contributed by atoms with Crippen LogP contribution < -0.4 is 5.56 Å². The number of likely N-dealkylation sites (N-methyl/N-ethyl adjacent to an activating group) is 1. The molecule has 1 aliphatic heterocycles. The van der Waals surface area contributed by atoms with E-state index < -0.39 is 5.97 Å². The lowest BCUT2D eigenvalue weighted by Crippen LogP contribution is -2.38. The highest BCUT2D eigenvalue weighted by Gasteiger charge is 2.24. The van der Waals surface area contributed by atoms with Crippen LogP contribution in [0.2, 0.25) is 0 Å². The monoisotopic (exact) mass is 264 g/mol. The first-order chi connectivity index (χ1) is 8.95. The minimum Gasteiger partial charge on any atom is -0.477 e. The molecule has 5 nitrogen and oxygen atoms in total. The van der Waals surface area contributed by atoms with E-state index >= 15 is 0 Å². The Morgan fingerprint density at radius 1 is 1.47 bits per heavy atom. The van der Waals surface area contributed by atoms with E-state index in [1.165, 1.54) is 0 Å². The number of hydrogen-bond acceptors (Lipinski definition) is 3. The molecule has 1 aromatic heterocycles. The van der Waals surface area contributed by atoms with Crippen LogP contribution in [-0.2, 0) is 13.0 Å². The lowest BCUT2D eigenvalue weighted by molar-refractivity contribution is 0.0693. The SMILES string of the molecule is CCN1CCc2c(cc(C(=O)O)c(=O)n2C(C)C)C1. The second-order valence-electron chi connectivity index (χ2n) is 5.22. The molecule has 0 aliphatic carbocycles. The van der Waals surface area contributed by atoms with Crippen molar-refractivity contribution in [2.45, 2.75) is 39.8 Å². The van der Waals surface area contributed by atoms with Gasteiger partial charge in [-0.2, -0.15) is 0 Å². The van der Waals surface area contributed by atoms with E-state index in [1.807, 2.05) is 13.8 Å². The Morgan fingerprint density at radius 3 is 2.68 bits per heavy atom. The Hall–Kier alpha value is -1.62. The van der Waals surface area contributed by atoms with Gasteiger partial charge in [0.15, 0.2) is 0 Å². The summed E-state index contributed by atoms with van der Waals surface area (Å²) in [5.41, 5.74) is 1.46. The van der Waals surface area contributed by atoms with Crippen LogP contribution in [0.5, 0.6) is 0 Å². The fourth-order valence-corrected chi connectivity index (χ4v) is 2.70. The van der Waals surface area contributed by atoms with Crippen molar-refractivity contribution < 1.29 is 9.90 Å². The maximum atomic E-state index is 12.2. The van der Waals surface area contributed by atoms with Crippen LogP contribution in [0.15, 0.2) is 10.9 Å². The molecule has 0 fully saturated rings. The summed E-state index contributed by atoms with van der Waals surface area (Å²) in [6, 6.07) is 1.54. The van der Waals surface area contributed by atoms with Crippen molar-refractivity contribution in [3.05, 3.63) is 33.2 Å². The first kappa shape index (κ1) is 13.8. The highest BCUT2D eigenvalue weighted by Crippen LogP contribution is 2.21. The maximum Gasteiger partial charge on any atom is 0.341 e. The molecular formula is C14H20N2O3. The molecule has 5 heteroatoms. The fourth-order valence-electron chi connectivity index (χ4n) is 2.70. The second kappa shape index (κ2) is 5.17. The molecule has 0 radical (unpaired) electrons. The molecule has 1 aliphatic rings. The van der Waals surface area contributed by atoms with Crippen molar-refractivity contribution in [2.24, 2.45) is 0 Å². The molecule has 0 spiro atoms. The van der Waals surface area contributed by atoms with Gasteiger partial charge in [0.1, 0.15) is 5.56 Å². The average Bonchev–Trinajstić information content (AvgIpc) is 2.36. The van der Waals surface area contributed by atoms with Gasteiger partial charge in [-0.05, 0) is 32.0 Å². The van der Waals surface area contributed by atoms with Crippen molar-refractivity contribution in [3.8, 4) is 0 Å².